The van der Waals surface area contributed by atoms with Gasteiger partial charge in [0.15, 0.2) is 0 Å². The van der Waals surface area contributed by atoms with Crippen LogP contribution in [0, 0.1) is 11.7 Å². The summed E-state index contributed by atoms with van der Waals surface area (Å²) in [7, 11) is 1.72. The highest BCUT2D eigenvalue weighted by Crippen LogP contribution is 2.14. The highest BCUT2D eigenvalue weighted by molar-refractivity contribution is 5.94. The van der Waals surface area contributed by atoms with Crippen LogP contribution < -0.4 is 5.73 Å². The number of carbonyl (C=O) groups is 1. The molecule has 0 unspecified atom stereocenters. The van der Waals surface area contributed by atoms with Crippen molar-refractivity contribution in [3.05, 3.63) is 29.6 Å². The minimum Gasteiger partial charge on any atom is -0.396 e. The van der Waals surface area contributed by atoms with Crippen LogP contribution in [0.1, 0.15) is 24.2 Å². The normalized spacial score (nSPS) is 10.6. The number of hydrogen-bond donors (Lipinski definition) is 1. The maximum Gasteiger partial charge on any atom is 0.253 e. The van der Waals surface area contributed by atoms with Gasteiger partial charge in [-0.25, -0.2) is 4.39 Å². The molecule has 0 spiro atoms. The molecule has 88 valence electrons. The van der Waals surface area contributed by atoms with Crippen molar-refractivity contribution in [1.29, 1.82) is 0 Å². The summed E-state index contributed by atoms with van der Waals surface area (Å²) in [6, 6.07) is 4.03. The molecule has 16 heavy (non-hydrogen) atoms. The average molecular weight is 224 g/mol. The Labute approximate surface area is 95.0 Å². The van der Waals surface area contributed by atoms with Crippen LogP contribution in [0.3, 0.4) is 0 Å². The Morgan fingerprint density at radius 2 is 2.12 bits per heavy atom. The molecule has 1 aromatic carbocycles. The number of nitrogens with zero attached hydrogens (tertiary/aromatic N) is 1. The molecular weight excluding hydrogens is 207 g/mol. The molecule has 0 saturated carbocycles. The van der Waals surface area contributed by atoms with Crippen LogP contribution >= 0.6 is 0 Å². The highest BCUT2D eigenvalue weighted by Gasteiger charge is 2.13. The molecule has 0 heterocycles. The Balaban J connectivity index is 2.84. The van der Waals surface area contributed by atoms with Crippen molar-refractivity contribution in [3.8, 4) is 0 Å². The number of carbonyl (C=O) groups excluding carboxylic acids is 1. The fourth-order valence-electron chi connectivity index (χ4n) is 1.53. The molecule has 0 radical (unpaired) electrons. The van der Waals surface area contributed by atoms with Crippen molar-refractivity contribution >= 4 is 11.6 Å². The highest BCUT2D eigenvalue weighted by atomic mass is 19.1. The van der Waals surface area contributed by atoms with E-state index >= 15 is 0 Å². The van der Waals surface area contributed by atoms with Crippen molar-refractivity contribution in [2.24, 2.45) is 5.92 Å². The maximum absolute atomic E-state index is 12.9. The van der Waals surface area contributed by atoms with Crippen LogP contribution in [0.15, 0.2) is 18.2 Å². The summed E-state index contributed by atoms with van der Waals surface area (Å²) in [4.78, 5) is 13.5. The molecule has 0 aromatic heterocycles. The van der Waals surface area contributed by atoms with Gasteiger partial charge < -0.3 is 10.6 Å². The van der Waals surface area contributed by atoms with Gasteiger partial charge in [-0.3, -0.25) is 4.79 Å². The standard InChI is InChI=1S/C12H17FN2O/c1-8(2)7-15(3)12(16)9-4-5-10(13)11(14)6-9/h4-6,8H,7,14H2,1-3H3. The van der Waals surface area contributed by atoms with Gasteiger partial charge in [0.05, 0.1) is 5.69 Å². The van der Waals surface area contributed by atoms with Crippen LogP contribution in [0.5, 0.6) is 0 Å². The van der Waals surface area contributed by atoms with Gasteiger partial charge in [0.25, 0.3) is 5.91 Å². The zero-order valence-electron chi connectivity index (χ0n) is 9.83. The third kappa shape index (κ3) is 2.95. The summed E-state index contributed by atoms with van der Waals surface area (Å²) >= 11 is 0. The SMILES string of the molecule is CC(C)CN(C)C(=O)c1ccc(F)c(N)c1. The number of rotatable bonds is 3. The second-order valence-electron chi connectivity index (χ2n) is 4.32. The van der Waals surface area contributed by atoms with Crippen LogP contribution in [-0.4, -0.2) is 24.4 Å². The van der Waals surface area contributed by atoms with Crippen molar-refractivity contribution in [3.63, 3.8) is 0 Å². The minimum atomic E-state index is -0.497. The summed E-state index contributed by atoms with van der Waals surface area (Å²) in [5.41, 5.74) is 5.84. The lowest BCUT2D eigenvalue weighted by Gasteiger charge is -2.19. The summed E-state index contributed by atoms with van der Waals surface area (Å²) < 4.78 is 12.9. The first kappa shape index (κ1) is 12.5. The predicted octanol–water partition coefficient (Wildman–Crippen LogP) is 2.14. The molecule has 0 fully saturated rings. The maximum atomic E-state index is 12.9. The van der Waals surface area contributed by atoms with E-state index in [0.29, 0.717) is 18.0 Å². The Morgan fingerprint density at radius 3 is 2.62 bits per heavy atom. The lowest BCUT2D eigenvalue weighted by molar-refractivity contribution is 0.0779. The smallest absolute Gasteiger partial charge is 0.253 e. The van der Waals surface area contributed by atoms with Gasteiger partial charge in [-0.15, -0.1) is 0 Å². The molecule has 0 aliphatic heterocycles. The van der Waals surface area contributed by atoms with Gasteiger partial charge in [-0.05, 0) is 24.1 Å². The van der Waals surface area contributed by atoms with Gasteiger partial charge >= 0.3 is 0 Å². The Kier molecular flexibility index (Phi) is 3.88. The molecule has 0 atom stereocenters. The number of hydrogen-bond acceptors (Lipinski definition) is 2. The quantitative estimate of drug-likeness (QED) is 0.799. The number of benzene rings is 1. The Morgan fingerprint density at radius 1 is 1.50 bits per heavy atom. The predicted molar refractivity (Wildman–Crippen MR) is 62.6 cm³/mol. The van der Waals surface area contributed by atoms with Crippen LogP contribution in [0.4, 0.5) is 10.1 Å². The average Bonchev–Trinajstić information content (AvgIpc) is 2.20. The topological polar surface area (TPSA) is 46.3 Å². The van der Waals surface area contributed by atoms with Crippen LogP contribution in [0.25, 0.3) is 0 Å². The first-order valence-corrected chi connectivity index (χ1v) is 5.22. The van der Waals surface area contributed by atoms with E-state index < -0.39 is 5.82 Å². The third-order valence-electron chi connectivity index (χ3n) is 2.23. The van der Waals surface area contributed by atoms with Gasteiger partial charge in [-0.2, -0.15) is 0 Å². The fraction of sp³-hybridized carbons (Fsp3) is 0.417. The summed E-state index contributed by atoms with van der Waals surface area (Å²) in [6.45, 7) is 4.72. The van der Waals surface area contributed by atoms with Crippen molar-refractivity contribution in [2.75, 3.05) is 19.3 Å². The zero-order valence-corrected chi connectivity index (χ0v) is 9.83. The number of amides is 1. The van der Waals surface area contributed by atoms with Crippen LogP contribution in [-0.2, 0) is 0 Å². The van der Waals surface area contributed by atoms with Gasteiger partial charge in [-0.1, -0.05) is 13.8 Å². The van der Waals surface area contributed by atoms with Gasteiger partial charge in [0, 0.05) is 19.2 Å². The van der Waals surface area contributed by atoms with E-state index in [2.05, 4.69) is 0 Å². The van der Waals surface area contributed by atoms with Crippen molar-refractivity contribution < 1.29 is 9.18 Å². The van der Waals surface area contributed by atoms with E-state index in [1.165, 1.54) is 18.2 Å². The summed E-state index contributed by atoms with van der Waals surface area (Å²) in [5, 5.41) is 0. The van der Waals surface area contributed by atoms with E-state index in [1.807, 2.05) is 13.8 Å². The van der Waals surface area contributed by atoms with Crippen molar-refractivity contribution in [1.82, 2.24) is 4.90 Å². The van der Waals surface area contributed by atoms with Crippen LogP contribution in [0.2, 0.25) is 0 Å². The molecule has 3 nitrogen and oxygen atoms in total. The Bertz CT molecular complexity index is 391. The molecule has 0 saturated heterocycles. The van der Waals surface area contributed by atoms with E-state index in [1.54, 1.807) is 11.9 Å². The first-order chi connectivity index (χ1) is 7.41. The molecule has 0 bridgehead atoms. The van der Waals surface area contributed by atoms with E-state index in [9.17, 15) is 9.18 Å². The molecule has 1 rings (SSSR count). The zero-order chi connectivity index (χ0) is 12.3. The first-order valence-electron chi connectivity index (χ1n) is 5.22. The monoisotopic (exact) mass is 224 g/mol. The largest absolute Gasteiger partial charge is 0.396 e. The molecule has 1 aromatic rings. The third-order valence-corrected chi connectivity index (χ3v) is 2.23. The second kappa shape index (κ2) is 4.96. The molecule has 2 N–H and O–H groups in total. The van der Waals surface area contributed by atoms with Crippen molar-refractivity contribution in [2.45, 2.75) is 13.8 Å². The molecule has 0 aliphatic carbocycles. The number of halogens is 1. The molecule has 4 heteroatoms. The number of nitrogens with two attached hydrogens (primary N) is 1. The lowest BCUT2D eigenvalue weighted by atomic mass is 10.1. The lowest BCUT2D eigenvalue weighted by Crippen LogP contribution is -2.30. The minimum absolute atomic E-state index is 0.00352. The second-order valence-corrected chi connectivity index (χ2v) is 4.32. The summed E-state index contributed by atoms with van der Waals surface area (Å²) in [6.07, 6.45) is 0. The van der Waals surface area contributed by atoms with Gasteiger partial charge in [0.2, 0.25) is 0 Å². The molecule has 0 aliphatic rings. The number of nitrogen functional groups attached to an aromatic ring is 1. The van der Waals surface area contributed by atoms with Gasteiger partial charge in [0.1, 0.15) is 5.82 Å². The summed E-state index contributed by atoms with van der Waals surface area (Å²) in [5.74, 6) is -0.241. The molecule has 1 amide bonds. The number of anilines is 1. The molecular formula is C12H17FN2O. The Hall–Kier alpha value is -1.58. The van der Waals surface area contributed by atoms with E-state index in [4.69, 9.17) is 5.73 Å². The fourth-order valence-corrected chi connectivity index (χ4v) is 1.53. The van der Waals surface area contributed by atoms with E-state index in [-0.39, 0.29) is 11.6 Å². The van der Waals surface area contributed by atoms with E-state index in [0.717, 1.165) is 0 Å².